The van der Waals surface area contributed by atoms with Crippen LogP contribution in [0.2, 0.25) is 0 Å². The van der Waals surface area contributed by atoms with Crippen molar-refractivity contribution in [2.75, 3.05) is 6.54 Å². The van der Waals surface area contributed by atoms with Gasteiger partial charge in [0.05, 0.1) is 5.92 Å². The normalized spacial score (nSPS) is 23.1. The van der Waals surface area contributed by atoms with E-state index in [0.29, 0.717) is 12.0 Å². The number of hydrogen-bond donors (Lipinski definition) is 1. The van der Waals surface area contributed by atoms with Crippen LogP contribution in [0.3, 0.4) is 0 Å². The molecule has 4 nitrogen and oxygen atoms in total. The second-order valence-electron chi connectivity index (χ2n) is 5.13. The summed E-state index contributed by atoms with van der Waals surface area (Å²) in [5.41, 5.74) is 2.31. The molecule has 102 valence electrons. The van der Waals surface area contributed by atoms with Crippen LogP contribution in [0.15, 0.2) is 15.3 Å². The first-order chi connectivity index (χ1) is 9.29. The van der Waals surface area contributed by atoms with Gasteiger partial charge < -0.3 is 9.84 Å². The van der Waals surface area contributed by atoms with Gasteiger partial charge in [0.1, 0.15) is 0 Å². The fourth-order valence-electron chi connectivity index (χ4n) is 2.85. The summed E-state index contributed by atoms with van der Waals surface area (Å²) in [6.07, 6.45) is 3.58. The Balaban J connectivity index is 1.83. The molecule has 0 saturated heterocycles. The SMILES string of the molecule is CCNC1CCCC1c1nc(-c2cscc2C)no1. The summed E-state index contributed by atoms with van der Waals surface area (Å²) in [5, 5.41) is 11.9. The van der Waals surface area contributed by atoms with E-state index in [4.69, 9.17) is 4.52 Å². The van der Waals surface area contributed by atoms with E-state index in [2.05, 4.69) is 40.1 Å². The quantitative estimate of drug-likeness (QED) is 0.931. The van der Waals surface area contributed by atoms with Crippen molar-refractivity contribution in [3.63, 3.8) is 0 Å². The number of likely N-dealkylation sites (N-methyl/N-ethyl adjacent to an activating group) is 1. The van der Waals surface area contributed by atoms with Gasteiger partial charge in [-0.05, 0) is 37.3 Å². The lowest BCUT2D eigenvalue weighted by atomic mass is 10.0. The molecule has 1 aliphatic carbocycles. The lowest BCUT2D eigenvalue weighted by Gasteiger charge is -2.16. The first-order valence-corrected chi connectivity index (χ1v) is 7.84. The van der Waals surface area contributed by atoms with Crippen LogP contribution in [0.5, 0.6) is 0 Å². The Kier molecular flexibility index (Phi) is 3.66. The molecule has 2 heterocycles. The minimum atomic E-state index is 0.375. The molecule has 0 spiro atoms. The average Bonchev–Trinajstić information content (AvgIpc) is 3.08. The topological polar surface area (TPSA) is 51.0 Å². The van der Waals surface area contributed by atoms with Gasteiger partial charge in [0.15, 0.2) is 0 Å². The number of nitrogens with one attached hydrogen (secondary N) is 1. The van der Waals surface area contributed by atoms with Gasteiger partial charge in [-0.15, -0.1) is 0 Å². The first kappa shape index (κ1) is 12.8. The Morgan fingerprint density at radius 2 is 2.32 bits per heavy atom. The third-order valence-electron chi connectivity index (χ3n) is 3.84. The largest absolute Gasteiger partial charge is 0.339 e. The molecule has 0 amide bonds. The Morgan fingerprint density at radius 1 is 1.42 bits per heavy atom. The van der Waals surface area contributed by atoms with Crippen molar-refractivity contribution in [1.82, 2.24) is 15.5 Å². The summed E-state index contributed by atoms with van der Waals surface area (Å²) in [7, 11) is 0. The summed E-state index contributed by atoms with van der Waals surface area (Å²) < 4.78 is 5.51. The van der Waals surface area contributed by atoms with Crippen LogP contribution in [0.1, 0.15) is 43.6 Å². The Bertz CT molecular complexity index is 548. The Labute approximate surface area is 117 Å². The maximum atomic E-state index is 5.51. The van der Waals surface area contributed by atoms with E-state index in [-0.39, 0.29) is 0 Å². The van der Waals surface area contributed by atoms with Crippen LogP contribution in [0, 0.1) is 6.92 Å². The molecular formula is C14H19N3OS. The van der Waals surface area contributed by atoms with Gasteiger partial charge in [-0.25, -0.2) is 0 Å². The molecule has 2 unspecified atom stereocenters. The smallest absolute Gasteiger partial charge is 0.231 e. The molecule has 19 heavy (non-hydrogen) atoms. The minimum Gasteiger partial charge on any atom is -0.339 e. The van der Waals surface area contributed by atoms with E-state index in [0.717, 1.165) is 30.2 Å². The van der Waals surface area contributed by atoms with Gasteiger partial charge in [0, 0.05) is 17.0 Å². The standard InChI is InChI=1S/C14H19N3OS/c1-3-15-12-6-4-5-10(12)14-16-13(17-18-14)11-8-19-7-9(11)2/h7-8,10,12,15H,3-6H2,1-2H3. The van der Waals surface area contributed by atoms with Crippen LogP contribution >= 0.6 is 11.3 Å². The van der Waals surface area contributed by atoms with Gasteiger partial charge in [0.25, 0.3) is 0 Å². The summed E-state index contributed by atoms with van der Waals surface area (Å²) in [5.74, 6) is 1.90. The molecule has 0 aliphatic heterocycles. The van der Waals surface area contributed by atoms with Crippen molar-refractivity contribution >= 4 is 11.3 Å². The highest BCUT2D eigenvalue weighted by Crippen LogP contribution is 2.35. The molecule has 1 aliphatic rings. The van der Waals surface area contributed by atoms with E-state index in [1.165, 1.54) is 18.4 Å². The summed E-state index contributed by atoms with van der Waals surface area (Å²) in [4.78, 5) is 4.62. The van der Waals surface area contributed by atoms with Crippen LogP contribution in [-0.4, -0.2) is 22.7 Å². The lowest BCUT2D eigenvalue weighted by Crippen LogP contribution is -2.31. The van der Waals surface area contributed by atoms with Gasteiger partial charge in [-0.1, -0.05) is 18.5 Å². The molecule has 3 rings (SSSR count). The molecule has 1 N–H and O–H groups in total. The van der Waals surface area contributed by atoms with Crippen LogP contribution in [0.25, 0.3) is 11.4 Å². The second kappa shape index (κ2) is 5.43. The van der Waals surface area contributed by atoms with Crippen molar-refractivity contribution in [3.8, 4) is 11.4 Å². The second-order valence-corrected chi connectivity index (χ2v) is 5.87. The van der Waals surface area contributed by atoms with Crippen molar-refractivity contribution in [2.24, 2.45) is 0 Å². The zero-order valence-corrected chi connectivity index (χ0v) is 12.2. The van der Waals surface area contributed by atoms with E-state index in [1.807, 2.05) is 0 Å². The Morgan fingerprint density at radius 3 is 3.05 bits per heavy atom. The number of rotatable bonds is 4. The highest BCUT2D eigenvalue weighted by molar-refractivity contribution is 7.08. The molecule has 0 bridgehead atoms. The number of thiophene rings is 1. The van der Waals surface area contributed by atoms with Crippen molar-refractivity contribution in [3.05, 3.63) is 22.2 Å². The fourth-order valence-corrected chi connectivity index (χ4v) is 3.67. The van der Waals surface area contributed by atoms with E-state index in [1.54, 1.807) is 11.3 Å². The zero-order chi connectivity index (χ0) is 13.2. The monoisotopic (exact) mass is 277 g/mol. The zero-order valence-electron chi connectivity index (χ0n) is 11.3. The minimum absolute atomic E-state index is 0.375. The molecule has 2 aromatic rings. The van der Waals surface area contributed by atoms with Crippen molar-refractivity contribution < 1.29 is 4.52 Å². The first-order valence-electron chi connectivity index (χ1n) is 6.89. The highest BCUT2D eigenvalue weighted by atomic mass is 32.1. The number of aromatic nitrogens is 2. The van der Waals surface area contributed by atoms with Crippen LogP contribution in [-0.2, 0) is 0 Å². The summed E-state index contributed by atoms with van der Waals surface area (Å²) >= 11 is 1.68. The molecule has 2 atom stereocenters. The summed E-state index contributed by atoms with van der Waals surface area (Å²) in [6, 6.07) is 0.488. The Hall–Kier alpha value is -1.20. The third kappa shape index (κ3) is 2.44. The molecule has 1 fully saturated rings. The number of aryl methyl sites for hydroxylation is 1. The molecule has 1 saturated carbocycles. The van der Waals surface area contributed by atoms with Crippen LogP contribution in [0.4, 0.5) is 0 Å². The molecule has 0 aromatic carbocycles. The van der Waals surface area contributed by atoms with E-state index in [9.17, 15) is 0 Å². The van der Waals surface area contributed by atoms with E-state index < -0.39 is 0 Å². The molecular weight excluding hydrogens is 258 g/mol. The average molecular weight is 277 g/mol. The predicted octanol–water partition coefficient (Wildman–Crippen LogP) is 3.35. The maximum absolute atomic E-state index is 5.51. The van der Waals surface area contributed by atoms with Gasteiger partial charge in [-0.3, -0.25) is 0 Å². The number of nitrogens with zero attached hydrogens (tertiary/aromatic N) is 2. The van der Waals surface area contributed by atoms with E-state index >= 15 is 0 Å². The van der Waals surface area contributed by atoms with Gasteiger partial charge in [0.2, 0.25) is 11.7 Å². The van der Waals surface area contributed by atoms with Crippen LogP contribution < -0.4 is 5.32 Å². The highest BCUT2D eigenvalue weighted by Gasteiger charge is 2.32. The van der Waals surface area contributed by atoms with Crippen molar-refractivity contribution in [2.45, 2.75) is 45.1 Å². The van der Waals surface area contributed by atoms with Gasteiger partial charge >= 0.3 is 0 Å². The lowest BCUT2D eigenvalue weighted by molar-refractivity contribution is 0.332. The maximum Gasteiger partial charge on any atom is 0.231 e. The predicted molar refractivity (Wildman–Crippen MR) is 76.4 cm³/mol. The molecule has 0 radical (unpaired) electrons. The fraction of sp³-hybridized carbons (Fsp3) is 0.571. The van der Waals surface area contributed by atoms with Gasteiger partial charge in [-0.2, -0.15) is 16.3 Å². The summed E-state index contributed by atoms with van der Waals surface area (Å²) in [6.45, 7) is 5.22. The molecule has 5 heteroatoms. The number of hydrogen-bond acceptors (Lipinski definition) is 5. The third-order valence-corrected chi connectivity index (χ3v) is 4.70. The molecule has 2 aromatic heterocycles. The van der Waals surface area contributed by atoms with Crippen molar-refractivity contribution in [1.29, 1.82) is 0 Å².